The number of methoxy groups -OCH3 is 1. The van der Waals surface area contributed by atoms with Crippen LogP contribution in [-0.4, -0.2) is 24.9 Å². The Morgan fingerprint density at radius 2 is 1.59 bits per heavy atom. The summed E-state index contributed by atoms with van der Waals surface area (Å²) >= 11 is 0. The smallest absolute Gasteiger partial charge is 0.337 e. The van der Waals surface area contributed by atoms with Crippen molar-refractivity contribution in [2.45, 2.75) is 6.92 Å². The highest BCUT2D eigenvalue weighted by Crippen LogP contribution is 2.31. The summed E-state index contributed by atoms with van der Waals surface area (Å²) in [5, 5.41) is 0. The number of esters is 1. The average Bonchev–Trinajstić information content (AvgIpc) is 2.79. The van der Waals surface area contributed by atoms with Crippen LogP contribution in [0.3, 0.4) is 0 Å². The van der Waals surface area contributed by atoms with Crippen molar-refractivity contribution in [2.75, 3.05) is 12.0 Å². The van der Waals surface area contributed by atoms with E-state index in [1.807, 2.05) is 0 Å². The van der Waals surface area contributed by atoms with Crippen LogP contribution >= 0.6 is 0 Å². The highest BCUT2D eigenvalue weighted by Gasteiger charge is 2.37. The zero-order valence-electron chi connectivity index (χ0n) is 12.1. The van der Waals surface area contributed by atoms with Crippen molar-refractivity contribution in [3.63, 3.8) is 0 Å². The van der Waals surface area contributed by atoms with Gasteiger partial charge in [-0.3, -0.25) is 9.59 Å². The molecule has 0 fully saturated rings. The van der Waals surface area contributed by atoms with Gasteiger partial charge in [0.05, 0.1) is 29.5 Å². The van der Waals surface area contributed by atoms with Crippen LogP contribution in [0.5, 0.6) is 0 Å². The minimum Gasteiger partial charge on any atom is -0.465 e. The Balaban J connectivity index is 2.11. The van der Waals surface area contributed by atoms with Crippen LogP contribution < -0.4 is 4.90 Å². The second-order valence-electron chi connectivity index (χ2n) is 4.98. The number of nitrogens with zero attached hydrogens (tertiary/aromatic N) is 1. The van der Waals surface area contributed by atoms with Gasteiger partial charge < -0.3 is 4.74 Å². The van der Waals surface area contributed by atoms with Gasteiger partial charge in [-0.1, -0.05) is 18.2 Å². The molecule has 110 valence electrons. The minimum absolute atomic E-state index is 0.291. The maximum absolute atomic E-state index is 12.5. The molecule has 2 aromatic carbocycles. The molecule has 2 amide bonds. The largest absolute Gasteiger partial charge is 0.465 e. The van der Waals surface area contributed by atoms with Crippen molar-refractivity contribution in [3.05, 3.63) is 64.7 Å². The lowest BCUT2D eigenvalue weighted by atomic mass is 10.1. The molecule has 0 aromatic heterocycles. The minimum atomic E-state index is -0.516. The molecular formula is C17H13NO4. The molecule has 0 saturated carbocycles. The number of rotatable bonds is 2. The van der Waals surface area contributed by atoms with Crippen molar-refractivity contribution >= 4 is 23.5 Å². The fourth-order valence-electron chi connectivity index (χ4n) is 2.50. The van der Waals surface area contributed by atoms with E-state index in [1.54, 1.807) is 43.3 Å². The van der Waals surface area contributed by atoms with Gasteiger partial charge in [0.15, 0.2) is 0 Å². The number of carbonyl (C=O) groups excluding carboxylic acids is 3. The summed E-state index contributed by atoms with van der Waals surface area (Å²) in [5.41, 5.74) is 2.15. The number of anilines is 1. The molecule has 0 radical (unpaired) electrons. The first kappa shape index (κ1) is 14.0. The van der Waals surface area contributed by atoms with Crippen molar-refractivity contribution in [1.82, 2.24) is 0 Å². The lowest BCUT2D eigenvalue weighted by molar-refractivity contribution is 0.0600. The first-order chi connectivity index (χ1) is 10.5. The van der Waals surface area contributed by atoms with Gasteiger partial charge in [-0.05, 0) is 36.8 Å². The van der Waals surface area contributed by atoms with Crippen molar-refractivity contribution in [1.29, 1.82) is 0 Å². The number of ether oxygens (including phenoxy) is 1. The molecular weight excluding hydrogens is 282 g/mol. The lowest BCUT2D eigenvalue weighted by Gasteiger charge is -2.17. The van der Waals surface area contributed by atoms with E-state index in [-0.39, 0.29) is 11.8 Å². The number of hydrogen-bond acceptors (Lipinski definition) is 4. The van der Waals surface area contributed by atoms with Crippen LogP contribution in [0, 0.1) is 6.92 Å². The van der Waals surface area contributed by atoms with Crippen LogP contribution in [-0.2, 0) is 4.74 Å². The van der Waals surface area contributed by atoms with Gasteiger partial charge in [0.25, 0.3) is 11.8 Å². The number of imide groups is 1. The molecule has 3 rings (SSSR count). The van der Waals surface area contributed by atoms with E-state index in [2.05, 4.69) is 4.74 Å². The van der Waals surface area contributed by atoms with Gasteiger partial charge in [-0.2, -0.15) is 0 Å². The Bertz CT molecular complexity index is 775. The Morgan fingerprint density at radius 3 is 2.14 bits per heavy atom. The van der Waals surface area contributed by atoms with E-state index < -0.39 is 5.97 Å². The predicted octanol–water partition coefficient (Wildman–Crippen LogP) is 2.58. The zero-order chi connectivity index (χ0) is 15.9. The van der Waals surface area contributed by atoms with Gasteiger partial charge in [0.2, 0.25) is 0 Å². The first-order valence-corrected chi connectivity index (χ1v) is 6.71. The number of hydrogen-bond donors (Lipinski definition) is 0. The molecule has 22 heavy (non-hydrogen) atoms. The van der Waals surface area contributed by atoms with Crippen LogP contribution in [0.15, 0.2) is 42.5 Å². The zero-order valence-corrected chi connectivity index (χ0v) is 12.1. The van der Waals surface area contributed by atoms with Crippen molar-refractivity contribution in [3.8, 4) is 0 Å². The molecule has 0 spiro atoms. The Labute approximate surface area is 127 Å². The summed E-state index contributed by atoms with van der Waals surface area (Å²) < 4.78 is 4.68. The number of benzene rings is 2. The van der Waals surface area contributed by atoms with Gasteiger partial charge in [0.1, 0.15) is 0 Å². The van der Waals surface area contributed by atoms with Gasteiger partial charge in [-0.25, -0.2) is 9.69 Å². The number of amides is 2. The Kier molecular flexibility index (Phi) is 3.25. The van der Waals surface area contributed by atoms with E-state index in [1.165, 1.54) is 13.2 Å². The topological polar surface area (TPSA) is 63.7 Å². The maximum atomic E-state index is 12.5. The molecule has 2 aromatic rings. The van der Waals surface area contributed by atoms with Crippen LogP contribution in [0.2, 0.25) is 0 Å². The van der Waals surface area contributed by atoms with Crippen molar-refractivity contribution in [2.24, 2.45) is 0 Å². The predicted molar refractivity (Wildman–Crippen MR) is 80.1 cm³/mol. The summed E-state index contributed by atoms with van der Waals surface area (Å²) in [4.78, 5) is 37.8. The van der Waals surface area contributed by atoms with E-state index in [4.69, 9.17) is 0 Å². The third-order valence-corrected chi connectivity index (χ3v) is 3.67. The lowest BCUT2D eigenvalue weighted by Crippen LogP contribution is -2.30. The molecule has 1 aliphatic heterocycles. The van der Waals surface area contributed by atoms with E-state index in [0.717, 1.165) is 10.5 Å². The fraction of sp³-hybridized carbons (Fsp3) is 0.118. The molecule has 0 unspecified atom stereocenters. The molecule has 0 aliphatic carbocycles. The summed E-state index contributed by atoms with van der Waals surface area (Å²) in [6.45, 7) is 1.78. The molecule has 0 bridgehead atoms. The van der Waals surface area contributed by atoms with E-state index in [9.17, 15) is 14.4 Å². The summed E-state index contributed by atoms with van der Waals surface area (Å²) in [6.07, 6.45) is 0. The van der Waals surface area contributed by atoms with Crippen LogP contribution in [0.1, 0.15) is 36.6 Å². The maximum Gasteiger partial charge on any atom is 0.337 e. The second kappa shape index (κ2) is 5.11. The Hall–Kier alpha value is -2.95. The summed E-state index contributed by atoms with van der Waals surface area (Å²) in [6, 6.07) is 11.5. The molecule has 0 saturated heterocycles. The summed E-state index contributed by atoms with van der Waals surface area (Å²) in [5.74, 6) is -1.28. The van der Waals surface area contributed by atoms with Gasteiger partial charge in [-0.15, -0.1) is 0 Å². The number of aryl methyl sites for hydroxylation is 1. The third-order valence-electron chi connectivity index (χ3n) is 3.67. The van der Waals surface area contributed by atoms with Gasteiger partial charge >= 0.3 is 5.97 Å². The third kappa shape index (κ3) is 1.98. The van der Waals surface area contributed by atoms with Crippen LogP contribution in [0.25, 0.3) is 0 Å². The summed E-state index contributed by atoms with van der Waals surface area (Å²) in [7, 11) is 1.28. The molecule has 1 aliphatic rings. The van der Waals surface area contributed by atoms with Crippen molar-refractivity contribution < 1.29 is 19.1 Å². The molecule has 1 heterocycles. The SMILES string of the molecule is COC(=O)c1ccc(C)c(N2C(=O)c3ccccc3C2=O)c1. The highest BCUT2D eigenvalue weighted by atomic mass is 16.5. The molecule has 5 heteroatoms. The van der Waals surface area contributed by atoms with E-state index in [0.29, 0.717) is 22.4 Å². The second-order valence-corrected chi connectivity index (χ2v) is 4.98. The fourth-order valence-corrected chi connectivity index (χ4v) is 2.50. The normalized spacial score (nSPS) is 13.3. The monoisotopic (exact) mass is 295 g/mol. The standard InChI is InChI=1S/C17H13NO4/c1-10-7-8-11(17(21)22-2)9-14(10)18-15(19)12-5-3-4-6-13(12)16(18)20/h3-9H,1-2H3. The van der Waals surface area contributed by atoms with Gasteiger partial charge in [0, 0.05) is 0 Å². The quantitative estimate of drug-likeness (QED) is 0.631. The molecule has 0 N–H and O–H groups in total. The van der Waals surface area contributed by atoms with Crippen LogP contribution in [0.4, 0.5) is 5.69 Å². The first-order valence-electron chi connectivity index (χ1n) is 6.71. The molecule has 5 nitrogen and oxygen atoms in total. The number of carbonyl (C=O) groups is 3. The highest BCUT2D eigenvalue weighted by molar-refractivity contribution is 6.34. The number of fused-ring (bicyclic) bond motifs is 1. The average molecular weight is 295 g/mol. The molecule has 0 atom stereocenters. The van der Waals surface area contributed by atoms with E-state index >= 15 is 0 Å². The Morgan fingerprint density at radius 1 is 1.00 bits per heavy atom.